The van der Waals surface area contributed by atoms with Gasteiger partial charge in [-0.25, -0.2) is 17.7 Å². The van der Waals surface area contributed by atoms with E-state index in [-0.39, 0.29) is 31.4 Å². The molecule has 2 rings (SSSR count). The first-order chi connectivity index (χ1) is 8.95. The van der Waals surface area contributed by atoms with Crippen molar-refractivity contribution >= 4 is 21.7 Å². The molecule has 19 heavy (non-hydrogen) atoms. The molecule has 0 saturated carbocycles. The van der Waals surface area contributed by atoms with E-state index in [0.29, 0.717) is 5.82 Å². The first kappa shape index (κ1) is 13.8. The van der Waals surface area contributed by atoms with E-state index < -0.39 is 16.1 Å². The average Bonchev–Trinajstić information content (AvgIpc) is 2.36. The summed E-state index contributed by atoms with van der Waals surface area (Å²) in [7, 11) is -3.52. The van der Waals surface area contributed by atoms with E-state index in [9.17, 15) is 8.42 Å². The van der Waals surface area contributed by atoms with Gasteiger partial charge in [0, 0.05) is 0 Å². The molecule has 0 aliphatic carbocycles. The maximum Gasteiger partial charge on any atom is 0.233 e. The molecule has 8 nitrogen and oxygen atoms in total. The largest absolute Gasteiger partial charge is 0.482 e. The van der Waals surface area contributed by atoms with Crippen LogP contribution in [0.5, 0.6) is 5.75 Å². The molecule has 0 radical (unpaired) electrons. The number of hydrogen-bond donors (Lipinski definition) is 3. The van der Waals surface area contributed by atoms with E-state index in [2.05, 4.69) is 10.3 Å². The van der Waals surface area contributed by atoms with Crippen molar-refractivity contribution < 1.29 is 23.4 Å². The summed E-state index contributed by atoms with van der Waals surface area (Å²) < 4.78 is 30.0. The Bertz CT molecular complexity index is 562. The fourth-order valence-electron chi connectivity index (χ4n) is 1.76. The van der Waals surface area contributed by atoms with Crippen molar-refractivity contribution in [2.75, 3.05) is 35.8 Å². The van der Waals surface area contributed by atoms with Crippen LogP contribution in [-0.4, -0.2) is 55.9 Å². The number of pyridine rings is 1. The zero-order valence-electron chi connectivity index (χ0n) is 10.3. The second-order valence-corrected chi connectivity index (χ2v) is 5.98. The van der Waals surface area contributed by atoms with Crippen molar-refractivity contribution in [2.45, 2.75) is 6.10 Å². The smallest absolute Gasteiger partial charge is 0.233 e. The van der Waals surface area contributed by atoms with Gasteiger partial charge in [0.25, 0.3) is 0 Å². The van der Waals surface area contributed by atoms with Crippen LogP contribution in [0.25, 0.3) is 0 Å². The zero-order valence-corrected chi connectivity index (χ0v) is 11.1. The number of nitrogens with zero attached hydrogens (tertiary/aromatic N) is 2. The molecule has 9 heteroatoms. The fraction of sp³-hybridized carbons (Fsp3) is 0.500. The van der Waals surface area contributed by atoms with Crippen molar-refractivity contribution in [3.8, 4) is 5.75 Å². The Balaban J connectivity index is 2.45. The number of aliphatic hydroxyl groups excluding tert-OH is 2. The highest BCUT2D eigenvalue weighted by Crippen LogP contribution is 2.34. The predicted molar refractivity (Wildman–Crippen MR) is 68.6 cm³/mol. The van der Waals surface area contributed by atoms with Crippen LogP contribution in [0, 0.1) is 0 Å². The Morgan fingerprint density at radius 3 is 2.84 bits per heavy atom. The SMILES string of the molecule is CS(=O)(=O)N1C[C@H](CO)Oc2ccc(NCO)nc21. The van der Waals surface area contributed by atoms with Gasteiger partial charge in [-0.1, -0.05) is 0 Å². The molecule has 0 saturated heterocycles. The maximum atomic E-state index is 11.8. The lowest BCUT2D eigenvalue weighted by Crippen LogP contribution is -2.45. The summed E-state index contributed by atoms with van der Waals surface area (Å²) in [4.78, 5) is 4.09. The lowest BCUT2D eigenvalue weighted by Gasteiger charge is -2.33. The van der Waals surface area contributed by atoms with Gasteiger partial charge < -0.3 is 20.3 Å². The third kappa shape index (κ3) is 2.88. The Hall–Kier alpha value is -1.58. The van der Waals surface area contributed by atoms with E-state index in [4.69, 9.17) is 14.9 Å². The minimum absolute atomic E-state index is 0.00207. The quantitative estimate of drug-likeness (QED) is 0.607. The van der Waals surface area contributed by atoms with Gasteiger partial charge in [0.2, 0.25) is 10.0 Å². The van der Waals surface area contributed by atoms with Crippen molar-refractivity contribution in [1.29, 1.82) is 0 Å². The number of nitrogens with one attached hydrogen (secondary N) is 1. The Morgan fingerprint density at radius 1 is 1.53 bits per heavy atom. The summed E-state index contributed by atoms with van der Waals surface area (Å²) in [5.74, 6) is 0.755. The number of aromatic nitrogens is 1. The van der Waals surface area contributed by atoms with Crippen LogP contribution in [0.3, 0.4) is 0 Å². The summed E-state index contributed by atoms with van der Waals surface area (Å²) in [5, 5.41) is 20.5. The van der Waals surface area contributed by atoms with Crippen molar-refractivity contribution in [2.24, 2.45) is 0 Å². The third-order valence-corrected chi connectivity index (χ3v) is 3.73. The van der Waals surface area contributed by atoms with Crippen molar-refractivity contribution in [1.82, 2.24) is 4.98 Å². The van der Waals surface area contributed by atoms with Crippen LogP contribution in [0.1, 0.15) is 0 Å². The van der Waals surface area contributed by atoms with Crippen molar-refractivity contribution in [3.05, 3.63) is 12.1 Å². The molecule has 1 aromatic rings. The molecule has 0 spiro atoms. The molecule has 2 heterocycles. The summed E-state index contributed by atoms with van der Waals surface area (Å²) in [5.41, 5.74) is 0. The summed E-state index contributed by atoms with van der Waals surface area (Å²) in [6.45, 7) is -0.606. The minimum Gasteiger partial charge on any atom is -0.482 e. The van der Waals surface area contributed by atoms with E-state index in [0.717, 1.165) is 10.6 Å². The maximum absolute atomic E-state index is 11.8. The molecule has 0 amide bonds. The van der Waals surface area contributed by atoms with Gasteiger partial charge in [0.05, 0.1) is 19.4 Å². The highest BCUT2D eigenvalue weighted by molar-refractivity contribution is 7.92. The van der Waals surface area contributed by atoms with Gasteiger partial charge in [-0.3, -0.25) is 0 Å². The zero-order chi connectivity index (χ0) is 14.0. The fourth-order valence-corrected chi connectivity index (χ4v) is 2.64. The topological polar surface area (TPSA) is 112 Å². The molecule has 1 atom stereocenters. The van der Waals surface area contributed by atoms with E-state index >= 15 is 0 Å². The molecule has 0 aromatic carbocycles. The Morgan fingerprint density at radius 2 is 2.26 bits per heavy atom. The molecule has 1 aliphatic rings. The number of rotatable bonds is 4. The first-order valence-corrected chi connectivity index (χ1v) is 7.41. The van der Waals surface area contributed by atoms with E-state index in [1.807, 2.05) is 0 Å². The predicted octanol–water partition coefficient (Wildman–Crippen LogP) is -1.04. The molecule has 106 valence electrons. The lowest BCUT2D eigenvalue weighted by molar-refractivity contribution is 0.115. The van der Waals surface area contributed by atoms with Crippen LogP contribution < -0.4 is 14.4 Å². The Labute approximate surface area is 110 Å². The van der Waals surface area contributed by atoms with Crippen LogP contribution in [-0.2, 0) is 10.0 Å². The molecule has 0 bridgehead atoms. The molecular formula is C10H15N3O5S. The minimum atomic E-state index is -3.52. The standard InChI is InChI=1S/C10H15N3O5S/c1-19(16,17)13-4-7(5-14)18-8-2-3-9(11-6-15)12-10(8)13/h2-3,7,14-15H,4-6H2,1H3,(H,11,12)/t7-/m1/s1. The molecule has 0 fully saturated rings. The number of fused-ring (bicyclic) bond motifs is 1. The van der Waals surface area contributed by atoms with Gasteiger partial charge >= 0.3 is 0 Å². The van der Waals surface area contributed by atoms with Gasteiger partial charge in [-0.05, 0) is 12.1 Å². The van der Waals surface area contributed by atoms with Gasteiger partial charge in [0.1, 0.15) is 18.7 Å². The summed E-state index contributed by atoms with van der Waals surface area (Å²) in [6.07, 6.45) is 0.436. The lowest BCUT2D eigenvalue weighted by atomic mass is 10.3. The van der Waals surface area contributed by atoms with Crippen LogP contribution in [0.2, 0.25) is 0 Å². The monoisotopic (exact) mass is 289 g/mol. The number of anilines is 2. The van der Waals surface area contributed by atoms with Crippen molar-refractivity contribution in [3.63, 3.8) is 0 Å². The third-order valence-electron chi connectivity index (χ3n) is 2.60. The van der Waals surface area contributed by atoms with Gasteiger partial charge in [-0.15, -0.1) is 0 Å². The van der Waals surface area contributed by atoms with E-state index in [1.165, 1.54) is 0 Å². The van der Waals surface area contributed by atoms with E-state index in [1.54, 1.807) is 12.1 Å². The second-order valence-electron chi connectivity index (χ2n) is 4.07. The second kappa shape index (κ2) is 5.19. The number of ether oxygens (including phenoxy) is 1. The summed E-state index contributed by atoms with van der Waals surface area (Å²) in [6, 6.07) is 3.09. The number of sulfonamides is 1. The van der Waals surface area contributed by atoms with Crippen LogP contribution >= 0.6 is 0 Å². The normalized spacial score (nSPS) is 18.7. The van der Waals surface area contributed by atoms with Gasteiger partial charge in [-0.2, -0.15) is 0 Å². The molecule has 0 unspecified atom stereocenters. The van der Waals surface area contributed by atoms with Gasteiger partial charge in [0.15, 0.2) is 11.6 Å². The first-order valence-electron chi connectivity index (χ1n) is 5.56. The Kier molecular flexibility index (Phi) is 3.78. The highest BCUT2D eigenvalue weighted by Gasteiger charge is 2.32. The molecule has 3 N–H and O–H groups in total. The molecule has 1 aromatic heterocycles. The highest BCUT2D eigenvalue weighted by atomic mass is 32.2. The van der Waals surface area contributed by atoms with Crippen LogP contribution in [0.15, 0.2) is 12.1 Å². The number of aliphatic hydroxyl groups is 2. The van der Waals surface area contributed by atoms with Crippen LogP contribution in [0.4, 0.5) is 11.6 Å². The molecule has 1 aliphatic heterocycles. The average molecular weight is 289 g/mol. The molecular weight excluding hydrogens is 274 g/mol. The summed E-state index contributed by atoms with van der Waals surface area (Å²) >= 11 is 0. The number of hydrogen-bond acceptors (Lipinski definition) is 7.